The van der Waals surface area contributed by atoms with Crippen LogP contribution in [0.4, 0.5) is 5.69 Å². The Balaban J connectivity index is 1.67. The number of ketones is 1. The average molecular weight is 464 g/mol. The number of hydrogen-bond acceptors (Lipinski definition) is 3. The van der Waals surface area contributed by atoms with Crippen molar-refractivity contribution in [1.29, 1.82) is 0 Å². The Kier molecular flexibility index (Phi) is 4.41. The van der Waals surface area contributed by atoms with Crippen LogP contribution in [0, 0.1) is 0 Å². The van der Waals surface area contributed by atoms with Gasteiger partial charge < -0.3 is 0 Å². The van der Waals surface area contributed by atoms with E-state index < -0.39 is 15.4 Å². The zero-order valence-electron chi connectivity index (χ0n) is 18.5. The lowest BCUT2D eigenvalue weighted by atomic mass is 9.69. The molecule has 5 heteroatoms. The topological polar surface area (TPSA) is 54.5 Å². The van der Waals surface area contributed by atoms with Crippen LogP contribution in [0.15, 0.2) is 109 Å². The first-order valence-electron chi connectivity index (χ1n) is 11.0. The molecular formula is C29H21NO3S. The molecule has 34 heavy (non-hydrogen) atoms. The van der Waals surface area contributed by atoms with E-state index in [1.165, 1.54) is 10.6 Å². The van der Waals surface area contributed by atoms with E-state index in [2.05, 4.69) is 0 Å². The summed E-state index contributed by atoms with van der Waals surface area (Å²) in [6.07, 6.45) is 6.58. The molecule has 0 heterocycles. The van der Waals surface area contributed by atoms with Crippen LogP contribution < -0.4 is 4.31 Å². The minimum Gasteiger partial charge on any atom is -0.289 e. The quantitative estimate of drug-likeness (QED) is 0.392. The third kappa shape index (κ3) is 2.90. The lowest BCUT2D eigenvalue weighted by molar-refractivity contribution is 0.104. The fraction of sp³-hybridized carbons (Fsp3) is 0.0690. The molecule has 4 nitrogen and oxygen atoms in total. The number of rotatable bonds is 3. The Labute approximate surface area is 198 Å². The SMILES string of the molecule is CS(=O)(=O)N(C1=Cc2ccccc2[C@]12C=CC(=O)c1ccccc12)c1ccc2ccccc2c1. The van der Waals surface area contributed by atoms with E-state index >= 15 is 0 Å². The second-order valence-electron chi connectivity index (χ2n) is 8.73. The van der Waals surface area contributed by atoms with Gasteiger partial charge in [-0.1, -0.05) is 84.9 Å². The van der Waals surface area contributed by atoms with Gasteiger partial charge in [-0.25, -0.2) is 12.7 Å². The van der Waals surface area contributed by atoms with Crippen LogP contribution in [0.3, 0.4) is 0 Å². The molecule has 1 spiro atoms. The lowest BCUT2D eigenvalue weighted by Crippen LogP contribution is -2.41. The van der Waals surface area contributed by atoms with Gasteiger partial charge in [0.25, 0.3) is 0 Å². The van der Waals surface area contributed by atoms with E-state index in [9.17, 15) is 13.2 Å². The Bertz CT molecular complexity index is 1670. The molecule has 0 unspecified atom stereocenters. The summed E-state index contributed by atoms with van der Waals surface area (Å²) in [6.45, 7) is 0. The highest BCUT2D eigenvalue weighted by Gasteiger charge is 2.49. The van der Waals surface area contributed by atoms with Gasteiger partial charge in [0.15, 0.2) is 5.78 Å². The summed E-state index contributed by atoms with van der Waals surface area (Å²) >= 11 is 0. The highest BCUT2D eigenvalue weighted by molar-refractivity contribution is 7.92. The number of carbonyl (C=O) groups excluding carboxylic acids is 1. The predicted molar refractivity (Wildman–Crippen MR) is 136 cm³/mol. The third-order valence-electron chi connectivity index (χ3n) is 6.70. The Morgan fingerprint density at radius 2 is 1.44 bits per heavy atom. The molecule has 2 aliphatic carbocycles. The number of benzene rings is 4. The Hall–Kier alpha value is -3.96. The van der Waals surface area contributed by atoms with Crippen LogP contribution >= 0.6 is 0 Å². The van der Waals surface area contributed by atoms with Gasteiger partial charge in [0, 0.05) is 5.56 Å². The summed E-state index contributed by atoms with van der Waals surface area (Å²) < 4.78 is 28.2. The van der Waals surface area contributed by atoms with Crippen molar-refractivity contribution < 1.29 is 13.2 Å². The normalized spacial score (nSPS) is 18.6. The largest absolute Gasteiger partial charge is 0.289 e. The Morgan fingerprint density at radius 1 is 0.765 bits per heavy atom. The van der Waals surface area contributed by atoms with E-state index in [0.717, 1.165) is 27.5 Å². The van der Waals surface area contributed by atoms with Crippen LogP contribution in [0.25, 0.3) is 16.8 Å². The number of hydrogen-bond donors (Lipinski definition) is 0. The maximum Gasteiger partial charge on any atom is 0.236 e. The number of allylic oxidation sites excluding steroid dienone is 2. The molecule has 0 saturated carbocycles. The molecule has 0 radical (unpaired) electrons. The molecule has 0 amide bonds. The number of carbonyl (C=O) groups is 1. The van der Waals surface area contributed by atoms with Crippen molar-refractivity contribution in [2.75, 3.05) is 10.6 Å². The molecule has 166 valence electrons. The van der Waals surface area contributed by atoms with Crippen molar-refractivity contribution in [3.63, 3.8) is 0 Å². The minimum atomic E-state index is -3.73. The summed E-state index contributed by atoms with van der Waals surface area (Å²) in [5.41, 5.74) is 3.49. The van der Waals surface area contributed by atoms with Crippen LogP contribution in [0.1, 0.15) is 27.0 Å². The fourth-order valence-corrected chi connectivity index (χ4v) is 6.34. The van der Waals surface area contributed by atoms with Crippen molar-refractivity contribution in [3.05, 3.63) is 131 Å². The summed E-state index contributed by atoms with van der Waals surface area (Å²) in [4.78, 5) is 12.8. The summed E-state index contributed by atoms with van der Waals surface area (Å²) in [7, 11) is -3.73. The summed E-state index contributed by atoms with van der Waals surface area (Å²) in [5.74, 6) is -0.0819. The fourth-order valence-electron chi connectivity index (χ4n) is 5.29. The van der Waals surface area contributed by atoms with Crippen LogP contribution in [0.2, 0.25) is 0 Å². The molecule has 0 aromatic heterocycles. The first-order chi connectivity index (χ1) is 16.4. The highest BCUT2D eigenvalue weighted by Crippen LogP contribution is 2.53. The number of sulfonamides is 1. The van der Waals surface area contributed by atoms with Crippen LogP contribution in [-0.2, 0) is 15.4 Å². The van der Waals surface area contributed by atoms with Crippen LogP contribution in [-0.4, -0.2) is 20.5 Å². The summed E-state index contributed by atoms with van der Waals surface area (Å²) in [6, 6.07) is 28.9. The predicted octanol–water partition coefficient (Wildman–Crippen LogP) is 5.70. The molecule has 4 aromatic rings. The second kappa shape index (κ2) is 7.27. The highest BCUT2D eigenvalue weighted by atomic mass is 32.2. The number of anilines is 1. The average Bonchev–Trinajstić information content (AvgIpc) is 3.15. The van der Waals surface area contributed by atoms with Gasteiger partial charge in [0.1, 0.15) is 0 Å². The number of nitrogens with zero attached hydrogens (tertiary/aromatic N) is 1. The van der Waals surface area contributed by atoms with Crippen molar-refractivity contribution in [3.8, 4) is 0 Å². The molecule has 1 atom stereocenters. The minimum absolute atomic E-state index is 0.0819. The van der Waals surface area contributed by atoms with Gasteiger partial charge in [0.05, 0.1) is 23.1 Å². The van der Waals surface area contributed by atoms with E-state index in [0.29, 0.717) is 16.9 Å². The van der Waals surface area contributed by atoms with E-state index in [1.807, 2.05) is 103 Å². The van der Waals surface area contributed by atoms with Crippen molar-refractivity contribution >= 4 is 38.3 Å². The maximum absolute atomic E-state index is 13.4. The van der Waals surface area contributed by atoms with E-state index in [1.54, 1.807) is 6.08 Å². The molecule has 4 aromatic carbocycles. The van der Waals surface area contributed by atoms with E-state index in [4.69, 9.17) is 0 Å². The molecule has 0 aliphatic heterocycles. The molecule has 6 rings (SSSR count). The first kappa shape index (κ1) is 20.6. The van der Waals surface area contributed by atoms with Gasteiger partial charge >= 0.3 is 0 Å². The van der Waals surface area contributed by atoms with Gasteiger partial charge in [-0.2, -0.15) is 0 Å². The first-order valence-corrected chi connectivity index (χ1v) is 12.9. The molecular weight excluding hydrogens is 442 g/mol. The smallest absolute Gasteiger partial charge is 0.236 e. The second-order valence-corrected chi connectivity index (χ2v) is 10.6. The molecule has 0 bridgehead atoms. The van der Waals surface area contributed by atoms with Gasteiger partial charge in [-0.15, -0.1) is 0 Å². The monoisotopic (exact) mass is 463 g/mol. The molecule has 0 N–H and O–H groups in total. The van der Waals surface area contributed by atoms with Crippen molar-refractivity contribution in [2.45, 2.75) is 5.41 Å². The Morgan fingerprint density at radius 3 is 2.24 bits per heavy atom. The van der Waals surface area contributed by atoms with Gasteiger partial charge in [-0.05, 0) is 51.7 Å². The van der Waals surface area contributed by atoms with Crippen molar-refractivity contribution in [2.24, 2.45) is 0 Å². The standard InChI is InChI=1S/C29H21NO3S/c1-34(32,33)30(23-15-14-20-8-2-3-9-21(20)18-23)28-19-22-10-4-6-12-25(22)29(28)17-16-27(31)24-11-5-7-13-26(24)29/h2-19H,1H3/t29-/m0/s1. The van der Waals surface area contributed by atoms with Gasteiger partial charge in [-0.3, -0.25) is 4.79 Å². The lowest BCUT2D eigenvalue weighted by Gasteiger charge is -2.39. The van der Waals surface area contributed by atoms with Gasteiger partial charge in [0.2, 0.25) is 10.0 Å². The molecule has 0 saturated heterocycles. The molecule has 0 fully saturated rings. The summed E-state index contributed by atoms with van der Waals surface area (Å²) in [5, 5.41) is 1.99. The number of fused-ring (bicyclic) bond motifs is 5. The maximum atomic E-state index is 13.4. The third-order valence-corrected chi connectivity index (χ3v) is 7.77. The van der Waals surface area contributed by atoms with Crippen molar-refractivity contribution in [1.82, 2.24) is 0 Å². The zero-order valence-corrected chi connectivity index (χ0v) is 19.3. The zero-order chi connectivity index (χ0) is 23.5. The molecule has 2 aliphatic rings. The van der Waals surface area contributed by atoms with E-state index in [-0.39, 0.29) is 5.78 Å². The van der Waals surface area contributed by atoms with Crippen LogP contribution in [0.5, 0.6) is 0 Å².